The van der Waals surface area contributed by atoms with Gasteiger partial charge in [-0.1, -0.05) is 49.2 Å². The molecule has 0 nitrogen and oxygen atoms in total. The molecule has 0 radical (unpaired) electrons. The van der Waals surface area contributed by atoms with E-state index in [1.54, 1.807) is 0 Å². The lowest BCUT2D eigenvalue weighted by Gasteiger charge is -2.06. The Bertz CT molecular complexity index is 280. The van der Waals surface area contributed by atoms with Gasteiger partial charge in [0.15, 0.2) is 0 Å². The summed E-state index contributed by atoms with van der Waals surface area (Å²) in [5.41, 5.74) is 4.30. The topological polar surface area (TPSA) is 0 Å². The summed E-state index contributed by atoms with van der Waals surface area (Å²) >= 11 is 0. The van der Waals surface area contributed by atoms with E-state index in [4.69, 9.17) is 0 Å². The Balaban J connectivity index is 2.89. The average Bonchev–Trinajstić information content (AvgIpc) is 2.18. The summed E-state index contributed by atoms with van der Waals surface area (Å²) in [6, 6.07) is 10.6. The SMILES string of the molecule is CCCC(C)=C(C)c1ccccc1. The molecule has 0 saturated carbocycles. The Labute approximate surface area is 81.3 Å². The lowest BCUT2D eigenvalue weighted by Crippen LogP contribution is -1.84. The van der Waals surface area contributed by atoms with Crippen molar-refractivity contribution in [2.24, 2.45) is 0 Å². The van der Waals surface area contributed by atoms with Crippen LogP contribution in [-0.4, -0.2) is 0 Å². The van der Waals surface area contributed by atoms with Crippen LogP contribution < -0.4 is 0 Å². The van der Waals surface area contributed by atoms with Gasteiger partial charge in [-0.2, -0.15) is 0 Å². The molecule has 1 aromatic rings. The summed E-state index contributed by atoms with van der Waals surface area (Å²) in [5, 5.41) is 0. The zero-order valence-electron chi connectivity index (χ0n) is 8.80. The number of rotatable bonds is 3. The van der Waals surface area contributed by atoms with Gasteiger partial charge in [0, 0.05) is 0 Å². The monoisotopic (exact) mass is 174 g/mol. The van der Waals surface area contributed by atoms with Crippen molar-refractivity contribution in [1.29, 1.82) is 0 Å². The maximum atomic E-state index is 2.23. The molecule has 1 aromatic carbocycles. The van der Waals surface area contributed by atoms with Crippen molar-refractivity contribution in [2.75, 3.05) is 0 Å². The third kappa shape index (κ3) is 2.73. The first-order valence-electron chi connectivity index (χ1n) is 4.97. The molecule has 0 atom stereocenters. The molecule has 0 aliphatic carbocycles. The average molecular weight is 174 g/mol. The van der Waals surface area contributed by atoms with E-state index in [2.05, 4.69) is 51.1 Å². The third-order valence-corrected chi connectivity index (χ3v) is 2.47. The first-order valence-corrected chi connectivity index (χ1v) is 4.97. The van der Waals surface area contributed by atoms with E-state index in [0.717, 1.165) is 0 Å². The molecule has 0 aliphatic rings. The minimum Gasteiger partial charge on any atom is -0.0698 e. The number of allylic oxidation sites excluding steroid dienone is 2. The molecule has 0 bridgehead atoms. The summed E-state index contributed by atoms with van der Waals surface area (Å²) in [6.07, 6.45) is 2.44. The number of benzene rings is 1. The van der Waals surface area contributed by atoms with E-state index < -0.39 is 0 Å². The smallest absolute Gasteiger partial charge is 0.0228 e. The normalized spacial score (nSPS) is 12.5. The number of hydrogen-bond acceptors (Lipinski definition) is 0. The van der Waals surface area contributed by atoms with Crippen LogP contribution in [0.5, 0.6) is 0 Å². The van der Waals surface area contributed by atoms with Crippen LogP contribution >= 0.6 is 0 Å². The minimum absolute atomic E-state index is 1.21. The van der Waals surface area contributed by atoms with E-state index in [-0.39, 0.29) is 0 Å². The van der Waals surface area contributed by atoms with Crippen molar-refractivity contribution in [3.8, 4) is 0 Å². The Morgan fingerprint density at radius 3 is 2.23 bits per heavy atom. The van der Waals surface area contributed by atoms with Crippen LogP contribution in [0.15, 0.2) is 35.9 Å². The molecule has 0 heterocycles. The highest BCUT2D eigenvalue weighted by Gasteiger charge is 1.98. The summed E-state index contributed by atoms with van der Waals surface area (Å²) in [5.74, 6) is 0. The van der Waals surface area contributed by atoms with Crippen LogP contribution in [0, 0.1) is 0 Å². The fraction of sp³-hybridized carbons (Fsp3) is 0.385. The zero-order chi connectivity index (χ0) is 9.68. The molecule has 1 rings (SSSR count). The summed E-state index contributed by atoms with van der Waals surface area (Å²) in [4.78, 5) is 0. The predicted octanol–water partition coefficient (Wildman–Crippen LogP) is 4.28. The second kappa shape index (κ2) is 4.86. The Hall–Kier alpha value is -1.04. The Morgan fingerprint density at radius 2 is 1.69 bits per heavy atom. The lowest BCUT2D eigenvalue weighted by atomic mass is 10.00. The van der Waals surface area contributed by atoms with Gasteiger partial charge in [-0.15, -0.1) is 0 Å². The van der Waals surface area contributed by atoms with Crippen LogP contribution in [0.1, 0.15) is 39.2 Å². The molecule has 70 valence electrons. The van der Waals surface area contributed by atoms with E-state index in [1.807, 2.05) is 0 Å². The van der Waals surface area contributed by atoms with Gasteiger partial charge in [-0.25, -0.2) is 0 Å². The van der Waals surface area contributed by atoms with E-state index in [1.165, 1.54) is 29.6 Å². The van der Waals surface area contributed by atoms with Crippen LogP contribution in [0.2, 0.25) is 0 Å². The predicted molar refractivity (Wildman–Crippen MR) is 59.6 cm³/mol. The fourth-order valence-corrected chi connectivity index (χ4v) is 1.50. The van der Waals surface area contributed by atoms with Gasteiger partial charge in [-0.3, -0.25) is 0 Å². The lowest BCUT2D eigenvalue weighted by molar-refractivity contribution is 0.906. The Kier molecular flexibility index (Phi) is 3.75. The molecule has 0 aromatic heterocycles. The van der Waals surface area contributed by atoms with Crippen LogP contribution in [0.25, 0.3) is 5.57 Å². The van der Waals surface area contributed by atoms with Crippen molar-refractivity contribution in [1.82, 2.24) is 0 Å². The van der Waals surface area contributed by atoms with Gasteiger partial charge >= 0.3 is 0 Å². The summed E-state index contributed by atoms with van der Waals surface area (Å²) in [6.45, 7) is 6.66. The van der Waals surface area contributed by atoms with Gasteiger partial charge in [0.25, 0.3) is 0 Å². The molecule has 0 amide bonds. The third-order valence-electron chi connectivity index (χ3n) is 2.47. The highest BCUT2D eigenvalue weighted by Crippen LogP contribution is 2.20. The van der Waals surface area contributed by atoms with Crippen molar-refractivity contribution < 1.29 is 0 Å². The Morgan fingerprint density at radius 1 is 1.08 bits per heavy atom. The molecule has 13 heavy (non-hydrogen) atoms. The van der Waals surface area contributed by atoms with Gasteiger partial charge in [0.1, 0.15) is 0 Å². The molecule has 0 saturated heterocycles. The van der Waals surface area contributed by atoms with Gasteiger partial charge in [0.2, 0.25) is 0 Å². The summed E-state index contributed by atoms with van der Waals surface area (Å²) < 4.78 is 0. The molecule has 0 aliphatic heterocycles. The first-order chi connectivity index (χ1) is 6.25. The van der Waals surface area contributed by atoms with E-state index in [9.17, 15) is 0 Å². The standard InChI is InChI=1S/C13H18/c1-4-8-11(2)12(3)13-9-6-5-7-10-13/h5-7,9-10H,4,8H2,1-3H3. The van der Waals surface area contributed by atoms with Crippen molar-refractivity contribution in [3.05, 3.63) is 41.5 Å². The number of hydrogen-bond donors (Lipinski definition) is 0. The molecular formula is C13H18. The highest BCUT2D eigenvalue weighted by atomic mass is 14.0. The van der Waals surface area contributed by atoms with Crippen LogP contribution in [-0.2, 0) is 0 Å². The van der Waals surface area contributed by atoms with Crippen molar-refractivity contribution in [2.45, 2.75) is 33.6 Å². The largest absolute Gasteiger partial charge is 0.0698 e. The second-order valence-corrected chi connectivity index (χ2v) is 3.52. The van der Waals surface area contributed by atoms with Crippen molar-refractivity contribution in [3.63, 3.8) is 0 Å². The molecule has 0 fully saturated rings. The zero-order valence-corrected chi connectivity index (χ0v) is 8.80. The van der Waals surface area contributed by atoms with Gasteiger partial charge < -0.3 is 0 Å². The maximum absolute atomic E-state index is 2.23. The quantitative estimate of drug-likeness (QED) is 0.641. The molecule has 0 spiro atoms. The summed E-state index contributed by atoms with van der Waals surface area (Å²) in [7, 11) is 0. The van der Waals surface area contributed by atoms with E-state index in [0.29, 0.717) is 0 Å². The molecular weight excluding hydrogens is 156 g/mol. The highest BCUT2D eigenvalue weighted by molar-refractivity contribution is 5.66. The van der Waals surface area contributed by atoms with Crippen LogP contribution in [0.4, 0.5) is 0 Å². The fourth-order valence-electron chi connectivity index (χ4n) is 1.50. The first kappa shape index (κ1) is 10.0. The molecule has 0 heteroatoms. The van der Waals surface area contributed by atoms with Gasteiger partial charge in [-0.05, 0) is 31.4 Å². The molecule has 0 unspecified atom stereocenters. The van der Waals surface area contributed by atoms with Crippen LogP contribution in [0.3, 0.4) is 0 Å². The maximum Gasteiger partial charge on any atom is -0.0228 e. The minimum atomic E-state index is 1.21. The second-order valence-electron chi connectivity index (χ2n) is 3.52. The van der Waals surface area contributed by atoms with Crippen molar-refractivity contribution >= 4 is 5.57 Å². The van der Waals surface area contributed by atoms with Gasteiger partial charge in [0.05, 0.1) is 0 Å². The molecule has 0 N–H and O–H groups in total. The van der Waals surface area contributed by atoms with E-state index >= 15 is 0 Å².